The second-order valence-corrected chi connectivity index (χ2v) is 9.27. The van der Waals surface area contributed by atoms with E-state index in [4.69, 9.17) is 0 Å². The standard InChI is InChI=1S/C23H33N3O/c27-22-23(26(17-24-22)20-8-2-1-3-9-20)12-14-25(15-13-23)21-11-10-18-6-4-5-7-19(18)16-21/h1-3,8-9,18-19,21H,4-7,10-17H2,(H,24,27). The van der Waals surface area contributed by atoms with Gasteiger partial charge in [0.05, 0.1) is 6.67 Å². The SMILES string of the molecule is O=C1NCN(c2ccccc2)C12CCN(C1CCC3CCCCC3C1)CC2. The molecular weight excluding hydrogens is 334 g/mol. The minimum absolute atomic E-state index is 0.238. The Bertz CT molecular complexity index is 667. The number of piperidine rings is 1. The average Bonchev–Trinajstić information content (AvgIpc) is 3.04. The first-order chi connectivity index (χ1) is 13.3. The van der Waals surface area contributed by atoms with E-state index in [2.05, 4.69) is 39.4 Å². The van der Waals surface area contributed by atoms with Crippen LogP contribution in [0.3, 0.4) is 0 Å². The predicted octanol–water partition coefficient (Wildman–Crippen LogP) is 3.77. The van der Waals surface area contributed by atoms with Crippen molar-refractivity contribution in [3.05, 3.63) is 30.3 Å². The molecule has 1 aromatic carbocycles. The molecule has 1 aromatic rings. The van der Waals surface area contributed by atoms with Gasteiger partial charge in [0, 0.05) is 24.8 Å². The van der Waals surface area contributed by atoms with Crippen LogP contribution in [0.2, 0.25) is 0 Å². The summed E-state index contributed by atoms with van der Waals surface area (Å²) in [5.41, 5.74) is 0.840. The summed E-state index contributed by atoms with van der Waals surface area (Å²) in [6.45, 7) is 2.79. The van der Waals surface area contributed by atoms with E-state index in [1.54, 1.807) is 0 Å². The fourth-order valence-electron chi connectivity index (χ4n) is 6.47. The van der Waals surface area contributed by atoms with Crippen LogP contribution in [0.5, 0.6) is 0 Å². The first-order valence-electron chi connectivity index (χ1n) is 11.1. The summed E-state index contributed by atoms with van der Waals surface area (Å²) < 4.78 is 0. The quantitative estimate of drug-likeness (QED) is 0.864. The van der Waals surface area contributed by atoms with Gasteiger partial charge in [0.15, 0.2) is 0 Å². The number of nitrogens with zero attached hydrogens (tertiary/aromatic N) is 2. The highest BCUT2D eigenvalue weighted by atomic mass is 16.2. The van der Waals surface area contributed by atoms with Crippen molar-refractivity contribution in [1.82, 2.24) is 10.2 Å². The number of carbonyl (C=O) groups excluding carboxylic acids is 1. The number of anilines is 1. The molecule has 2 aliphatic heterocycles. The molecule has 3 unspecified atom stereocenters. The van der Waals surface area contributed by atoms with Crippen LogP contribution in [-0.4, -0.2) is 42.1 Å². The summed E-state index contributed by atoms with van der Waals surface area (Å²) in [7, 11) is 0. The molecule has 2 saturated carbocycles. The van der Waals surface area contributed by atoms with Crippen molar-refractivity contribution < 1.29 is 4.79 Å². The Labute approximate surface area is 163 Å². The molecule has 146 valence electrons. The first-order valence-corrected chi connectivity index (χ1v) is 11.1. The number of amides is 1. The molecule has 0 bridgehead atoms. The van der Waals surface area contributed by atoms with E-state index < -0.39 is 0 Å². The van der Waals surface area contributed by atoms with Crippen LogP contribution >= 0.6 is 0 Å². The predicted molar refractivity (Wildman–Crippen MR) is 109 cm³/mol. The highest BCUT2D eigenvalue weighted by Crippen LogP contribution is 2.43. The van der Waals surface area contributed by atoms with Crippen molar-refractivity contribution in [2.24, 2.45) is 11.8 Å². The Morgan fingerprint density at radius 1 is 0.926 bits per heavy atom. The summed E-state index contributed by atoms with van der Waals surface area (Å²) in [5.74, 6) is 2.23. The zero-order chi connectivity index (χ0) is 18.3. The highest BCUT2D eigenvalue weighted by Gasteiger charge is 2.51. The largest absolute Gasteiger partial charge is 0.339 e. The van der Waals surface area contributed by atoms with E-state index in [9.17, 15) is 4.79 Å². The molecule has 2 heterocycles. The molecule has 5 rings (SSSR count). The lowest BCUT2D eigenvalue weighted by Crippen LogP contribution is -2.58. The lowest BCUT2D eigenvalue weighted by Gasteiger charge is -2.48. The maximum absolute atomic E-state index is 12.8. The second kappa shape index (κ2) is 7.12. The molecule has 1 spiro atoms. The smallest absolute Gasteiger partial charge is 0.247 e. The lowest BCUT2D eigenvalue weighted by molar-refractivity contribution is -0.125. The molecule has 1 amide bonds. The highest BCUT2D eigenvalue weighted by molar-refractivity contribution is 5.93. The number of carbonyl (C=O) groups is 1. The number of nitrogens with one attached hydrogen (secondary N) is 1. The summed E-state index contributed by atoms with van der Waals surface area (Å²) >= 11 is 0. The van der Waals surface area contributed by atoms with Crippen LogP contribution in [0.15, 0.2) is 30.3 Å². The fourth-order valence-corrected chi connectivity index (χ4v) is 6.47. The molecule has 2 aliphatic carbocycles. The third-order valence-corrected chi connectivity index (χ3v) is 8.06. The summed E-state index contributed by atoms with van der Waals surface area (Å²) in [5, 5.41) is 3.13. The van der Waals surface area contributed by atoms with Gasteiger partial charge in [0.2, 0.25) is 5.91 Å². The van der Waals surface area contributed by atoms with Gasteiger partial charge in [0.25, 0.3) is 0 Å². The van der Waals surface area contributed by atoms with Gasteiger partial charge in [-0.2, -0.15) is 0 Å². The minimum Gasteiger partial charge on any atom is -0.339 e. The molecule has 4 heteroatoms. The zero-order valence-electron chi connectivity index (χ0n) is 16.4. The van der Waals surface area contributed by atoms with Gasteiger partial charge in [-0.25, -0.2) is 0 Å². The molecular formula is C23H33N3O. The van der Waals surface area contributed by atoms with Crippen molar-refractivity contribution in [2.75, 3.05) is 24.7 Å². The second-order valence-electron chi connectivity index (χ2n) is 9.27. The first kappa shape index (κ1) is 17.5. The van der Waals surface area contributed by atoms with Crippen LogP contribution in [0.25, 0.3) is 0 Å². The molecule has 2 saturated heterocycles. The van der Waals surface area contributed by atoms with E-state index in [-0.39, 0.29) is 11.4 Å². The van der Waals surface area contributed by atoms with Crippen LogP contribution < -0.4 is 10.2 Å². The van der Waals surface area contributed by atoms with Gasteiger partial charge < -0.3 is 15.1 Å². The van der Waals surface area contributed by atoms with Crippen molar-refractivity contribution in [1.29, 1.82) is 0 Å². The minimum atomic E-state index is -0.333. The topological polar surface area (TPSA) is 35.6 Å². The summed E-state index contributed by atoms with van der Waals surface area (Å²) in [6, 6.07) is 11.2. The molecule has 4 fully saturated rings. The summed E-state index contributed by atoms with van der Waals surface area (Å²) in [4.78, 5) is 17.9. The average molecular weight is 368 g/mol. The van der Waals surface area contributed by atoms with Gasteiger partial charge >= 0.3 is 0 Å². The van der Waals surface area contributed by atoms with Crippen molar-refractivity contribution >= 4 is 11.6 Å². The van der Waals surface area contributed by atoms with E-state index in [0.29, 0.717) is 6.67 Å². The molecule has 3 atom stereocenters. The Morgan fingerprint density at radius 3 is 2.44 bits per heavy atom. The third kappa shape index (κ3) is 3.06. The van der Waals surface area contributed by atoms with Gasteiger partial charge in [0.1, 0.15) is 5.54 Å². The van der Waals surface area contributed by atoms with Crippen LogP contribution in [-0.2, 0) is 4.79 Å². The molecule has 0 radical (unpaired) electrons. The van der Waals surface area contributed by atoms with E-state index >= 15 is 0 Å². The van der Waals surface area contributed by atoms with E-state index in [1.807, 2.05) is 6.07 Å². The van der Waals surface area contributed by atoms with Gasteiger partial charge in [-0.1, -0.05) is 43.9 Å². The number of fused-ring (bicyclic) bond motifs is 1. The summed E-state index contributed by atoms with van der Waals surface area (Å²) in [6.07, 6.45) is 12.0. The van der Waals surface area contributed by atoms with Gasteiger partial charge in [-0.3, -0.25) is 4.79 Å². The van der Waals surface area contributed by atoms with Crippen molar-refractivity contribution in [2.45, 2.75) is 69.4 Å². The maximum atomic E-state index is 12.8. The molecule has 1 N–H and O–H groups in total. The number of rotatable bonds is 2. The van der Waals surface area contributed by atoms with E-state index in [1.165, 1.54) is 50.6 Å². The number of benzene rings is 1. The Kier molecular flexibility index (Phi) is 4.63. The van der Waals surface area contributed by atoms with E-state index in [0.717, 1.165) is 43.8 Å². The Morgan fingerprint density at radius 2 is 1.67 bits per heavy atom. The maximum Gasteiger partial charge on any atom is 0.247 e. The third-order valence-electron chi connectivity index (χ3n) is 8.06. The van der Waals surface area contributed by atoms with Crippen LogP contribution in [0.4, 0.5) is 5.69 Å². The molecule has 4 aliphatic rings. The molecule has 0 aromatic heterocycles. The molecule has 4 nitrogen and oxygen atoms in total. The zero-order valence-corrected chi connectivity index (χ0v) is 16.4. The van der Waals surface area contributed by atoms with Crippen molar-refractivity contribution in [3.8, 4) is 0 Å². The Hall–Kier alpha value is -1.55. The Balaban J connectivity index is 1.27. The van der Waals surface area contributed by atoms with Crippen LogP contribution in [0, 0.1) is 11.8 Å². The fraction of sp³-hybridized carbons (Fsp3) is 0.696. The lowest BCUT2D eigenvalue weighted by atomic mass is 9.69. The number of para-hydroxylation sites is 1. The van der Waals surface area contributed by atoms with Gasteiger partial charge in [-0.15, -0.1) is 0 Å². The number of likely N-dealkylation sites (tertiary alicyclic amines) is 1. The van der Waals surface area contributed by atoms with Crippen LogP contribution in [0.1, 0.15) is 57.8 Å². The normalized spacial score (nSPS) is 33.7. The van der Waals surface area contributed by atoms with Crippen molar-refractivity contribution in [3.63, 3.8) is 0 Å². The monoisotopic (exact) mass is 367 g/mol. The number of hydrogen-bond acceptors (Lipinski definition) is 3. The van der Waals surface area contributed by atoms with Gasteiger partial charge in [-0.05, 0) is 56.1 Å². The number of hydrogen-bond donors (Lipinski definition) is 1. The molecule has 27 heavy (non-hydrogen) atoms.